The minimum Gasteiger partial charge on any atom is -0.345 e. The summed E-state index contributed by atoms with van der Waals surface area (Å²) in [5, 5.41) is 25.7. The number of nitro groups is 1. The number of nitrogens with zero attached hydrogens (tertiary/aromatic N) is 4. The van der Waals surface area contributed by atoms with Gasteiger partial charge in [0.1, 0.15) is 5.82 Å². The maximum Gasteiger partial charge on any atom is 0.273 e. The smallest absolute Gasteiger partial charge is 0.273 e. The molecule has 3 aromatic carbocycles. The van der Waals surface area contributed by atoms with E-state index in [0.717, 1.165) is 28.6 Å². The third kappa shape index (κ3) is 6.29. The predicted octanol–water partition coefficient (Wildman–Crippen LogP) is 4.90. The average Bonchev–Trinajstić information content (AvgIpc) is 3.31. The Labute approximate surface area is 227 Å². The Morgan fingerprint density at radius 2 is 1.72 bits per heavy atom. The van der Waals surface area contributed by atoms with E-state index in [0.29, 0.717) is 16.7 Å². The van der Waals surface area contributed by atoms with Crippen LogP contribution in [0.15, 0.2) is 65.8 Å². The summed E-state index contributed by atoms with van der Waals surface area (Å²) in [5.74, 6) is -0.761. The number of carbonyl (C=O) groups is 2. The van der Waals surface area contributed by atoms with Crippen LogP contribution < -0.4 is 10.6 Å². The highest BCUT2D eigenvalue weighted by molar-refractivity contribution is 7.99. The third-order valence-corrected chi connectivity index (χ3v) is 7.06. The second-order valence-corrected chi connectivity index (χ2v) is 9.63. The van der Waals surface area contributed by atoms with Crippen molar-refractivity contribution in [1.82, 2.24) is 20.1 Å². The summed E-state index contributed by atoms with van der Waals surface area (Å²) in [6.07, 6.45) is 0. The number of aryl methyl sites for hydroxylation is 1. The molecule has 0 bridgehead atoms. The number of halogens is 1. The quantitative estimate of drug-likeness (QED) is 0.173. The van der Waals surface area contributed by atoms with Gasteiger partial charge in [-0.2, -0.15) is 0 Å². The van der Waals surface area contributed by atoms with Gasteiger partial charge in [-0.15, -0.1) is 10.2 Å². The highest BCUT2D eigenvalue weighted by Gasteiger charge is 2.21. The first-order chi connectivity index (χ1) is 18.7. The number of rotatable bonds is 9. The predicted molar refractivity (Wildman–Crippen MR) is 146 cm³/mol. The van der Waals surface area contributed by atoms with Crippen molar-refractivity contribution in [2.45, 2.75) is 32.5 Å². The van der Waals surface area contributed by atoms with Crippen LogP contribution in [0, 0.1) is 36.7 Å². The molecule has 0 unspecified atom stereocenters. The lowest BCUT2D eigenvalue weighted by molar-refractivity contribution is -0.385. The Morgan fingerprint density at radius 1 is 1.00 bits per heavy atom. The van der Waals surface area contributed by atoms with E-state index in [2.05, 4.69) is 20.8 Å². The molecular weight excluding hydrogens is 523 g/mol. The number of amides is 2. The third-order valence-electron chi connectivity index (χ3n) is 6.13. The monoisotopic (exact) mass is 548 g/mol. The SMILES string of the molecule is Cc1cccc(-n2c(CNC(=O)c3cccc([N+](=O)[O-])c3C)nnc2SCC(=O)Nc2ccc(F)cc2)c1C. The molecule has 0 saturated heterocycles. The summed E-state index contributed by atoms with van der Waals surface area (Å²) >= 11 is 1.16. The van der Waals surface area contributed by atoms with Gasteiger partial charge in [0, 0.05) is 22.9 Å². The summed E-state index contributed by atoms with van der Waals surface area (Å²) in [4.78, 5) is 36.2. The molecule has 4 rings (SSSR count). The summed E-state index contributed by atoms with van der Waals surface area (Å²) in [6.45, 7) is 5.44. The number of benzene rings is 3. The van der Waals surface area contributed by atoms with Gasteiger partial charge in [0.2, 0.25) is 5.91 Å². The van der Waals surface area contributed by atoms with Gasteiger partial charge in [-0.3, -0.25) is 24.3 Å². The van der Waals surface area contributed by atoms with Gasteiger partial charge in [0.05, 0.1) is 22.9 Å². The van der Waals surface area contributed by atoms with Gasteiger partial charge in [-0.25, -0.2) is 4.39 Å². The maximum atomic E-state index is 13.2. The average molecular weight is 549 g/mol. The molecule has 0 saturated carbocycles. The van der Waals surface area contributed by atoms with Crippen molar-refractivity contribution in [2.75, 3.05) is 11.1 Å². The topological polar surface area (TPSA) is 132 Å². The van der Waals surface area contributed by atoms with Crippen LogP contribution >= 0.6 is 11.8 Å². The first-order valence-corrected chi connectivity index (χ1v) is 12.9. The van der Waals surface area contributed by atoms with Crippen molar-refractivity contribution >= 4 is 35.0 Å². The van der Waals surface area contributed by atoms with E-state index < -0.39 is 16.6 Å². The lowest BCUT2D eigenvalue weighted by Crippen LogP contribution is -2.25. The minimum absolute atomic E-state index is 0.0102. The van der Waals surface area contributed by atoms with Crippen LogP contribution in [0.5, 0.6) is 0 Å². The van der Waals surface area contributed by atoms with Gasteiger partial charge in [0.15, 0.2) is 11.0 Å². The molecule has 0 radical (unpaired) electrons. The molecule has 0 aliphatic carbocycles. The van der Waals surface area contributed by atoms with Gasteiger partial charge >= 0.3 is 0 Å². The van der Waals surface area contributed by atoms with Crippen molar-refractivity contribution in [2.24, 2.45) is 0 Å². The molecule has 2 amide bonds. The highest BCUT2D eigenvalue weighted by Crippen LogP contribution is 2.26. The van der Waals surface area contributed by atoms with Gasteiger partial charge in [0.25, 0.3) is 11.6 Å². The van der Waals surface area contributed by atoms with Crippen molar-refractivity contribution in [3.63, 3.8) is 0 Å². The summed E-state index contributed by atoms with van der Waals surface area (Å²) < 4.78 is 14.9. The fourth-order valence-electron chi connectivity index (χ4n) is 3.91. The molecule has 12 heteroatoms. The molecule has 39 heavy (non-hydrogen) atoms. The van der Waals surface area contributed by atoms with Crippen molar-refractivity contribution in [3.05, 3.63) is 105 Å². The Morgan fingerprint density at radius 3 is 2.44 bits per heavy atom. The van der Waals surface area contributed by atoms with Crippen LogP contribution in [0.2, 0.25) is 0 Å². The number of anilines is 1. The molecule has 2 N–H and O–H groups in total. The lowest BCUT2D eigenvalue weighted by atomic mass is 10.1. The van der Waals surface area contributed by atoms with Gasteiger partial charge in [-0.05, 0) is 68.3 Å². The van der Waals surface area contributed by atoms with E-state index in [1.165, 1.54) is 49.4 Å². The second-order valence-electron chi connectivity index (χ2n) is 8.69. The van der Waals surface area contributed by atoms with Gasteiger partial charge in [-0.1, -0.05) is 30.0 Å². The van der Waals surface area contributed by atoms with Crippen molar-refractivity contribution in [3.8, 4) is 5.69 Å². The van der Waals surface area contributed by atoms with E-state index in [1.54, 1.807) is 4.57 Å². The number of nitrogens with one attached hydrogen (secondary N) is 2. The fraction of sp³-hybridized carbons (Fsp3) is 0.185. The molecule has 0 spiro atoms. The second kappa shape index (κ2) is 11.9. The van der Waals surface area contributed by atoms with E-state index in [1.807, 2.05) is 32.0 Å². The first-order valence-electron chi connectivity index (χ1n) is 11.9. The highest BCUT2D eigenvalue weighted by atomic mass is 32.2. The molecule has 200 valence electrons. The van der Waals surface area contributed by atoms with Crippen molar-refractivity contribution in [1.29, 1.82) is 0 Å². The Hall–Kier alpha value is -4.58. The standard InChI is InChI=1S/C27H25FN6O4S/c1-16-6-4-8-22(17(16)2)33-24(14-29-26(36)21-7-5-9-23(18(21)3)34(37)38)31-32-27(33)39-15-25(35)30-20-12-10-19(28)11-13-20/h4-13H,14-15H2,1-3H3,(H,29,36)(H,30,35). The molecule has 4 aromatic rings. The molecule has 1 heterocycles. The molecule has 0 fully saturated rings. The molecular formula is C27H25FN6O4S. The zero-order valence-electron chi connectivity index (χ0n) is 21.4. The van der Waals surface area contributed by atoms with E-state index in [-0.39, 0.29) is 35.0 Å². The van der Waals surface area contributed by atoms with E-state index in [4.69, 9.17) is 0 Å². The fourth-order valence-corrected chi connectivity index (χ4v) is 4.67. The number of thioether (sulfide) groups is 1. The number of carbonyl (C=O) groups excluding carboxylic acids is 2. The Balaban J connectivity index is 1.56. The number of hydrogen-bond acceptors (Lipinski definition) is 7. The van der Waals surface area contributed by atoms with Crippen LogP contribution in [-0.2, 0) is 11.3 Å². The lowest BCUT2D eigenvalue weighted by Gasteiger charge is -2.15. The van der Waals surface area contributed by atoms with Gasteiger partial charge < -0.3 is 10.6 Å². The van der Waals surface area contributed by atoms with Crippen LogP contribution in [0.1, 0.15) is 32.9 Å². The zero-order valence-corrected chi connectivity index (χ0v) is 22.2. The maximum absolute atomic E-state index is 13.2. The van der Waals surface area contributed by atoms with Crippen molar-refractivity contribution < 1.29 is 18.9 Å². The van der Waals surface area contributed by atoms with Crippen LogP contribution in [0.3, 0.4) is 0 Å². The summed E-state index contributed by atoms with van der Waals surface area (Å²) in [6, 6.07) is 15.6. The number of aromatic nitrogens is 3. The molecule has 0 aliphatic heterocycles. The first kappa shape index (κ1) is 27.5. The van der Waals surface area contributed by atoms with Crippen LogP contribution in [0.4, 0.5) is 15.8 Å². The van der Waals surface area contributed by atoms with Crippen LogP contribution in [0.25, 0.3) is 5.69 Å². The van der Waals surface area contributed by atoms with E-state index >= 15 is 0 Å². The Bertz CT molecular complexity index is 1550. The molecule has 0 aliphatic rings. The summed E-state index contributed by atoms with van der Waals surface area (Å²) in [7, 11) is 0. The van der Waals surface area contributed by atoms with E-state index in [9.17, 15) is 24.1 Å². The number of hydrogen-bond donors (Lipinski definition) is 2. The normalized spacial score (nSPS) is 10.8. The van der Waals surface area contributed by atoms with Crippen LogP contribution in [-0.4, -0.2) is 37.3 Å². The number of nitro benzene ring substituents is 1. The molecule has 0 atom stereocenters. The zero-order chi connectivity index (χ0) is 28.1. The molecule has 10 nitrogen and oxygen atoms in total. The Kier molecular flexibility index (Phi) is 8.35. The molecule has 1 aromatic heterocycles. The minimum atomic E-state index is -0.529. The largest absolute Gasteiger partial charge is 0.345 e. The summed E-state index contributed by atoms with van der Waals surface area (Å²) in [5.41, 5.74) is 3.58.